The molecule has 130 valence electrons. The third-order valence-corrected chi connectivity index (χ3v) is 4.21. The quantitative estimate of drug-likeness (QED) is 0.583. The summed E-state index contributed by atoms with van der Waals surface area (Å²) >= 11 is 0. The van der Waals surface area contributed by atoms with Gasteiger partial charge in [-0.25, -0.2) is 0 Å². The van der Waals surface area contributed by atoms with Crippen molar-refractivity contribution in [1.29, 1.82) is 5.26 Å². The summed E-state index contributed by atoms with van der Waals surface area (Å²) in [7, 11) is 0. The lowest BCUT2D eigenvalue weighted by Crippen LogP contribution is -2.23. The second-order valence-electron chi connectivity index (χ2n) is 5.68. The van der Waals surface area contributed by atoms with Gasteiger partial charge in [-0.15, -0.1) is 0 Å². The van der Waals surface area contributed by atoms with Crippen LogP contribution >= 0.6 is 0 Å². The van der Waals surface area contributed by atoms with E-state index in [1.807, 2.05) is 18.2 Å². The highest BCUT2D eigenvalue weighted by atomic mass is 16.6. The molecule has 0 aliphatic rings. The number of nitro groups is 1. The molecule has 1 N–H and O–H groups in total. The number of rotatable bonds is 8. The standard InChI is InChI=1S/C19H22N4O2/c1-3-22(4-2)14-16-8-6-5-7-15(16)13-21-19-10-9-18(23(24)25)11-17(19)12-20/h5-11,21H,3-4,13-14H2,1-2H3. The van der Waals surface area contributed by atoms with Gasteiger partial charge in [0.25, 0.3) is 5.69 Å². The molecule has 0 radical (unpaired) electrons. The molecule has 6 nitrogen and oxygen atoms in total. The van der Waals surface area contributed by atoms with Crippen LogP contribution in [0.1, 0.15) is 30.5 Å². The second kappa shape index (κ2) is 8.81. The molecular formula is C19H22N4O2. The molecule has 0 bridgehead atoms. The number of non-ortho nitro benzene ring substituents is 1. The summed E-state index contributed by atoms with van der Waals surface area (Å²) in [5, 5.41) is 23.3. The summed E-state index contributed by atoms with van der Waals surface area (Å²) < 4.78 is 0. The first-order chi connectivity index (χ1) is 12.1. The molecule has 0 amide bonds. The molecule has 0 spiro atoms. The third kappa shape index (κ3) is 4.78. The molecule has 2 aromatic carbocycles. The largest absolute Gasteiger partial charge is 0.380 e. The van der Waals surface area contributed by atoms with E-state index < -0.39 is 4.92 Å². The van der Waals surface area contributed by atoms with Crippen LogP contribution in [0.4, 0.5) is 11.4 Å². The van der Waals surface area contributed by atoms with E-state index in [-0.39, 0.29) is 11.3 Å². The minimum atomic E-state index is -0.496. The van der Waals surface area contributed by atoms with Crippen molar-refractivity contribution in [3.63, 3.8) is 0 Å². The Hall–Kier alpha value is -2.91. The Morgan fingerprint density at radius 2 is 1.84 bits per heavy atom. The molecular weight excluding hydrogens is 316 g/mol. The average molecular weight is 338 g/mol. The monoisotopic (exact) mass is 338 g/mol. The summed E-state index contributed by atoms with van der Waals surface area (Å²) in [6.07, 6.45) is 0. The van der Waals surface area contributed by atoms with Crippen LogP contribution in [0.25, 0.3) is 0 Å². The van der Waals surface area contributed by atoms with Crippen LogP contribution in [-0.2, 0) is 13.1 Å². The van der Waals surface area contributed by atoms with Gasteiger partial charge in [0.05, 0.1) is 16.2 Å². The van der Waals surface area contributed by atoms with Crippen molar-refractivity contribution in [2.24, 2.45) is 0 Å². The highest BCUT2D eigenvalue weighted by Crippen LogP contribution is 2.22. The van der Waals surface area contributed by atoms with Gasteiger partial charge in [-0.3, -0.25) is 15.0 Å². The van der Waals surface area contributed by atoms with Crippen molar-refractivity contribution in [3.05, 3.63) is 69.3 Å². The summed E-state index contributed by atoms with van der Waals surface area (Å²) in [6.45, 7) is 7.68. The van der Waals surface area contributed by atoms with Crippen molar-refractivity contribution in [3.8, 4) is 6.07 Å². The Kier molecular flexibility index (Phi) is 6.49. The van der Waals surface area contributed by atoms with Gasteiger partial charge in [0.2, 0.25) is 0 Å². The topological polar surface area (TPSA) is 82.2 Å². The number of benzene rings is 2. The molecule has 0 aliphatic heterocycles. The molecule has 0 saturated carbocycles. The summed E-state index contributed by atoms with van der Waals surface area (Å²) in [5.74, 6) is 0. The van der Waals surface area contributed by atoms with Crippen LogP contribution in [0.15, 0.2) is 42.5 Å². The first-order valence-corrected chi connectivity index (χ1v) is 8.30. The minimum Gasteiger partial charge on any atom is -0.380 e. The van der Waals surface area contributed by atoms with E-state index in [1.54, 1.807) is 6.07 Å². The Morgan fingerprint density at radius 1 is 1.16 bits per heavy atom. The first kappa shape index (κ1) is 18.4. The SMILES string of the molecule is CCN(CC)Cc1ccccc1CNc1ccc([N+](=O)[O-])cc1C#N. The zero-order valence-electron chi connectivity index (χ0n) is 14.5. The third-order valence-electron chi connectivity index (χ3n) is 4.21. The van der Waals surface area contributed by atoms with E-state index in [9.17, 15) is 15.4 Å². The molecule has 0 heterocycles. The zero-order chi connectivity index (χ0) is 18.2. The van der Waals surface area contributed by atoms with Crippen molar-refractivity contribution < 1.29 is 4.92 Å². The van der Waals surface area contributed by atoms with Gasteiger partial charge in [0.15, 0.2) is 0 Å². The maximum absolute atomic E-state index is 10.8. The molecule has 0 unspecified atom stereocenters. The van der Waals surface area contributed by atoms with Gasteiger partial charge in [0.1, 0.15) is 6.07 Å². The highest BCUT2D eigenvalue weighted by Gasteiger charge is 2.11. The van der Waals surface area contributed by atoms with Crippen molar-refractivity contribution >= 4 is 11.4 Å². The fourth-order valence-corrected chi connectivity index (χ4v) is 2.66. The number of nitrogens with one attached hydrogen (secondary N) is 1. The van der Waals surface area contributed by atoms with Crippen LogP contribution in [0.2, 0.25) is 0 Å². The first-order valence-electron chi connectivity index (χ1n) is 8.30. The van der Waals surface area contributed by atoms with Crippen LogP contribution in [0, 0.1) is 21.4 Å². The fraction of sp³-hybridized carbons (Fsp3) is 0.316. The molecule has 0 fully saturated rings. The molecule has 0 saturated heterocycles. The number of hydrogen-bond donors (Lipinski definition) is 1. The van der Waals surface area contributed by atoms with E-state index in [1.165, 1.54) is 17.7 Å². The lowest BCUT2D eigenvalue weighted by atomic mass is 10.1. The van der Waals surface area contributed by atoms with E-state index in [0.717, 1.165) is 25.2 Å². The Balaban J connectivity index is 2.17. The predicted molar refractivity (Wildman–Crippen MR) is 98.2 cm³/mol. The Bertz CT molecular complexity index is 779. The second-order valence-corrected chi connectivity index (χ2v) is 5.68. The average Bonchev–Trinajstić information content (AvgIpc) is 2.64. The van der Waals surface area contributed by atoms with Gasteiger partial charge in [0, 0.05) is 25.2 Å². The van der Waals surface area contributed by atoms with Crippen LogP contribution in [-0.4, -0.2) is 22.9 Å². The van der Waals surface area contributed by atoms with Gasteiger partial charge in [-0.05, 0) is 30.3 Å². The number of nitro benzene ring substituents is 1. The lowest BCUT2D eigenvalue weighted by molar-refractivity contribution is -0.384. The fourth-order valence-electron chi connectivity index (χ4n) is 2.66. The predicted octanol–water partition coefficient (Wildman–Crippen LogP) is 3.92. The van der Waals surface area contributed by atoms with Crippen molar-refractivity contribution in [2.75, 3.05) is 18.4 Å². The molecule has 2 aromatic rings. The maximum atomic E-state index is 10.8. The number of hydrogen-bond acceptors (Lipinski definition) is 5. The molecule has 0 atom stereocenters. The van der Waals surface area contributed by atoms with Crippen molar-refractivity contribution in [1.82, 2.24) is 4.90 Å². The maximum Gasteiger partial charge on any atom is 0.270 e. The van der Waals surface area contributed by atoms with E-state index >= 15 is 0 Å². The van der Waals surface area contributed by atoms with Gasteiger partial charge < -0.3 is 5.32 Å². The zero-order valence-corrected chi connectivity index (χ0v) is 14.5. The molecule has 25 heavy (non-hydrogen) atoms. The highest BCUT2D eigenvalue weighted by molar-refractivity contribution is 5.61. The van der Waals surface area contributed by atoms with Gasteiger partial charge in [-0.2, -0.15) is 5.26 Å². The minimum absolute atomic E-state index is 0.0796. The lowest BCUT2D eigenvalue weighted by Gasteiger charge is -2.20. The number of nitriles is 1. The van der Waals surface area contributed by atoms with Gasteiger partial charge >= 0.3 is 0 Å². The summed E-state index contributed by atoms with van der Waals surface area (Å²) in [4.78, 5) is 12.7. The Morgan fingerprint density at radius 3 is 2.44 bits per heavy atom. The number of anilines is 1. The Labute approximate surface area is 147 Å². The van der Waals surface area contributed by atoms with E-state index in [0.29, 0.717) is 12.2 Å². The van der Waals surface area contributed by atoms with Crippen LogP contribution < -0.4 is 5.32 Å². The van der Waals surface area contributed by atoms with E-state index in [4.69, 9.17) is 0 Å². The molecule has 0 aliphatic carbocycles. The van der Waals surface area contributed by atoms with Gasteiger partial charge in [-0.1, -0.05) is 38.1 Å². The smallest absolute Gasteiger partial charge is 0.270 e. The normalized spacial score (nSPS) is 10.5. The summed E-state index contributed by atoms with van der Waals surface area (Å²) in [5.41, 5.74) is 3.18. The van der Waals surface area contributed by atoms with Crippen molar-refractivity contribution in [2.45, 2.75) is 26.9 Å². The molecule has 6 heteroatoms. The molecule has 2 rings (SSSR count). The molecule has 0 aromatic heterocycles. The van der Waals surface area contributed by atoms with Crippen LogP contribution in [0.3, 0.4) is 0 Å². The summed E-state index contributed by atoms with van der Waals surface area (Å²) in [6, 6.07) is 14.5. The van der Waals surface area contributed by atoms with E-state index in [2.05, 4.69) is 36.2 Å². The van der Waals surface area contributed by atoms with Crippen LogP contribution in [0.5, 0.6) is 0 Å². The number of nitrogens with zero attached hydrogens (tertiary/aromatic N) is 3.